The number of nitrogens with zero attached hydrogens (tertiary/aromatic N) is 2. The Balaban J connectivity index is 1.80. The molecule has 1 fully saturated rings. The van der Waals surface area contributed by atoms with Crippen LogP contribution in [0.15, 0.2) is 35.6 Å². The molecule has 2 aromatic heterocycles. The van der Waals surface area contributed by atoms with E-state index in [4.69, 9.17) is 27.7 Å². The quantitative estimate of drug-likeness (QED) is 0.449. The normalized spacial score (nSPS) is 16.6. The van der Waals surface area contributed by atoms with E-state index < -0.39 is 5.60 Å². The van der Waals surface area contributed by atoms with Gasteiger partial charge in [-0.2, -0.15) is 0 Å². The molecule has 1 aliphatic rings. The minimum absolute atomic E-state index is 0.332. The summed E-state index contributed by atoms with van der Waals surface area (Å²) in [5.74, 6) is 1.23. The Labute approximate surface area is 168 Å². The Hall–Kier alpha value is -1.66. The molecule has 0 aliphatic heterocycles. The van der Waals surface area contributed by atoms with Crippen LogP contribution in [0.2, 0.25) is 10.0 Å². The molecule has 0 amide bonds. The Kier molecular flexibility index (Phi) is 6.37. The van der Waals surface area contributed by atoms with Crippen LogP contribution in [-0.2, 0) is 0 Å². The van der Waals surface area contributed by atoms with E-state index in [0.29, 0.717) is 40.1 Å². The van der Waals surface area contributed by atoms with Crippen LogP contribution in [-0.4, -0.2) is 32.6 Å². The van der Waals surface area contributed by atoms with Gasteiger partial charge in [-0.15, -0.1) is 6.58 Å². The molecule has 1 unspecified atom stereocenters. The molecule has 1 aliphatic carbocycles. The minimum Gasteiger partial charge on any atom is -0.393 e. The third-order valence-electron chi connectivity index (χ3n) is 4.71. The fraction of sp³-hybridized carbons (Fsp3) is 0.400. The fourth-order valence-corrected chi connectivity index (χ4v) is 3.45. The molecule has 0 radical (unpaired) electrons. The summed E-state index contributed by atoms with van der Waals surface area (Å²) < 4.78 is 5.60. The summed E-state index contributed by atoms with van der Waals surface area (Å²) in [5.41, 5.74) is 0.884. The third-order valence-corrected chi connectivity index (χ3v) is 5.29. The number of pyridine rings is 1. The van der Waals surface area contributed by atoms with Crippen molar-refractivity contribution in [3.05, 3.63) is 52.5 Å². The highest BCUT2D eigenvalue weighted by Crippen LogP contribution is 2.46. The summed E-state index contributed by atoms with van der Waals surface area (Å²) in [5, 5.41) is 24.3. The lowest BCUT2D eigenvalue weighted by Gasteiger charge is -2.20. The largest absolute Gasteiger partial charge is 0.393 e. The summed E-state index contributed by atoms with van der Waals surface area (Å²) >= 11 is 12.6. The molecular weight excluding hydrogens is 387 g/mol. The Bertz CT molecular complexity index is 825. The zero-order chi connectivity index (χ0) is 19.4. The molecule has 1 saturated carbocycles. The summed E-state index contributed by atoms with van der Waals surface area (Å²) in [4.78, 5) is 3.99. The van der Waals surface area contributed by atoms with E-state index in [1.165, 1.54) is 18.5 Å². The molecule has 0 spiro atoms. The van der Waals surface area contributed by atoms with Crippen molar-refractivity contribution in [2.75, 3.05) is 6.61 Å². The Morgan fingerprint density at radius 2 is 2.00 bits per heavy atom. The molecule has 144 valence electrons. The topological polar surface area (TPSA) is 79.4 Å². The van der Waals surface area contributed by atoms with Gasteiger partial charge in [0.25, 0.3) is 0 Å². The van der Waals surface area contributed by atoms with Gasteiger partial charge in [0.2, 0.25) is 0 Å². The van der Waals surface area contributed by atoms with E-state index in [2.05, 4.69) is 16.7 Å². The number of aliphatic hydroxyl groups is 2. The first-order valence-electron chi connectivity index (χ1n) is 8.91. The van der Waals surface area contributed by atoms with Crippen LogP contribution in [0.25, 0.3) is 17.3 Å². The molecule has 0 bridgehead atoms. The predicted octanol–water partition coefficient (Wildman–Crippen LogP) is 5.01. The van der Waals surface area contributed by atoms with E-state index in [1.807, 2.05) is 12.2 Å². The zero-order valence-corrected chi connectivity index (χ0v) is 16.4. The molecule has 1 atom stereocenters. The Morgan fingerprint density at radius 3 is 2.59 bits per heavy atom. The molecule has 27 heavy (non-hydrogen) atoms. The van der Waals surface area contributed by atoms with Gasteiger partial charge in [0.05, 0.1) is 16.7 Å². The first-order valence-corrected chi connectivity index (χ1v) is 9.67. The standard InChI is InChI=1S/C20H22Cl2N2O3/c1-2-20(26,12-25)9-5-3-4-6-14-18(24-27-19(14)13-7-8-13)17-15(21)10-23-11-16(17)22/h2,4,6,10-11,13,25-26H,1,3,5,7-9,12H2/b6-4+. The smallest absolute Gasteiger partial charge is 0.147 e. The van der Waals surface area contributed by atoms with Crippen molar-refractivity contribution >= 4 is 29.3 Å². The maximum atomic E-state index is 10.0. The van der Waals surface area contributed by atoms with Gasteiger partial charge in [0, 0.05) is 29.4 Å². The summed E-state index contributed by atoms with van der Waals surface area (Å²) in [6.45, 7) is 3.23. The van der Waals surface area contributed by atoms with Crippen molar-refractivity contribution in [1.82, 2.24) is 10.1 Å². The highest BCUT2D eigenvalue weighted by Gasteiger charge is 2.32. The maximum Gasteiger partial charge on any atom is 0.147 e. The van der Waals surface area contributed by atoms with Crippen LogP contribution in [0.1, 0.15) is 49.3 Å². The van der Waals surface area contributed by atoms with Crippen molar-refractivity contribution in [3.63, 3.8) is 0 Å². The van der Waals surface area contributed by atoms with Gasteiger partial charge in [0.1, 0.15) is 17.1 Å². The Morgan fingerprint density at radius 1 is 1.30 bits per heavy atom. The number of aliphatic hydroxyl groups excluding tert-OH is 1. The fourth-order valence-electron chi connectivity index (χ4n) is 2.90. The number of hydrogen-bond donors (Lipinski definition) is 2. The second-order valence-corrected chi connectivity index (χ2v) is 7.64. The number of hydrogen-bond acceptors (Lipinski definition) is 5. The lowest BCUT2D eigenvalue weighted by molar-refractivity contribution is 0.0193. The molecule has 0 saturated heterocycles. The number of halogens is 2. The van der Waals surface area contributed by atoms with Crippen molar-refractivity contribution < 1.29 is 14.7 Å². The molecule has 5 nitrogen and oxygen atoms in total. The molecule has 2 N–H and O–H groups in total. The average Bonchev–Trinajstić information content (AvgIpc) is 3.43. The lowest BCUT2D eigenvalue weighted by atomic mass is 9.97. The SMILES string of the molecule is C=CC(O)(CO)CCC/C=C/c1c(-c2c(Cl)cncc2Cl)noc1C1CC1. The van der Waals surface area contributed by atoms with Gasteiger partial charge in [-0.3, -0.25) is 4.98 Å². The molecule has 3 rings (SSSR count). The van der Waals surface area contributed by atoms with Crippen LogP contribution in [0.5, 0.6) is 0 Å². The molecule has 0 aromatic carbocycles. The van der Waals surface area contributed by atoms with Crippen LogP contribution in [0.4, 0.5) is 0 Å². The molecular formula is C20H22Cl2N2O3. The second-order valence-electron chi connectivity index (χ2n) is 6.82. The van der Waals surface area contributed by atoms with E-state index in [1.54, 1.807) is 0 Å². The summed E-state index contributed by atoms with van der Waals surface area (Å²) in [6.07, 6.45) is 12.5. The van der Waals surface area contributed by atoms with Crippen molar-refractivity contribution in [1.29, 1.82) is 0 Å². The molecule has 2 aromatic rings. The summed E-state index contributed by atoms with van der Waals surface area (Å²) in [6, 6.07) is 0. The highest BCUT2D eigenvalue weighted by atomic mass is 35.5. The van der Waals surface area contributed by atoms with Crippen LogP contribution < -0.4 is 0 Å². The van der Waals surface area contributed by atoms with E-state index in [0.717, 1.165) is 30.6 Å². The van der Waals surface area contributed by atoms with Crippen LogP contribution >= 0.6 is 23.2 Å². The van der Waals surface area contributed by atoms with Gasteiger partial charge in [-0.25, -0.2) is 0 Å². The lowest BCUT2D eigenvalue weighted by Crippen LogP contribution is -2.29. The van der Waals surface area contributed by atoms with E-state index in [-0.39, 0.29) is 6.61 Å². The predicted molar refractivity (Wildman–Crippen MR) is 107 cm³/mol. The number of allylic oxidation sites excluding steroid dienone is 1. The highest BCUT2D eigenvalue weighted by molar-refractivity contribution is 6.39. The van der Waals surface area contributed by atoms with Crippen LogP contribution in [0.3, 0.4) is 0 Å². The monoisotopic (exact) mass is 408 g/mol. The number of aromatic nitrogens is 2. The van der Waals surface area contributed by atoms with E-state index in [9.17, 15) is 10.2 Å². The maximum absolute atomic E-state index is 10.0. The second kappa shape index (κ2) is 8.57. The molecule has 2 heterocycles. The van der Waals surface area contributed by atoms with Gasteiger partial charge in [0.15, 0.2) is 0 Å². The first kappa shape index (κ1) is 20.1. The number of rotatable bonds is 9. The van der Waals surface area contributed by atoms with Gasteiger partial charge in [-0.1, -0.05) is 46.6 Å². The zero-order valence-electron chi connectivity index (χ0n) is 14.9. The van der Waals surface area contributed by atoms with Crippen molar-refractivity contribution in [2.45, 2.75) is 43.6 Å². The van der Waals surface area contributed by atoms with E-state index >= 15 is 0 Å². The first-order chi connectivity index (χ1) is 13.0. The number of unbranched alkanes of at least 4 members (excludes halogenated alkanes) is 1. The van der Waals surface area contributed by atoms with Gasteiger partial charge in [-0.05, 0) is 32.1 Å². The molecule has 7 heteroatoms. The van der Waals surface area contributed by atoms with Gasteiger partial charge >= 0.3 is 0 Å². The van der Waals surface area contributed by atoms with Gasteiger partial charge < -0.3 is 14.7 Å². The van der Waals surface area contributed by atoms with Crippen molar-refractivity contribution in [2.24, 2.45) is 0 Å². The average molecular weight is 409 g/mol. The summed E-state index contributed by atoms with van der Waals surface area (Å²) in [7, 11) is 0. The third kappa shape index (κ3) is 4.61. The van der Waals surface area contributed by atoms with Crippen LogP contribution in [0, 0.1) is 0 Å². The van der Waals surface area contributed by atoms with Crippen molar-refractivity contribution in [3.8, 4) is 11.3 Å². The minimum atomic E-state index is -1.23.